The Bertz CT molecular complexity index is 646. The van der Waals surface area contributed by atoms with Crippen LogP contribution in [-0.4, -0.2) is 24.0 Å². The molecule has 0 saturated heterocycles. The van der Waals surface area contributed by atoms with Gasteiger partial charge < -0.3 is 10.2 Å². The van der Waals surface area contributed by atoms with Gasteiger partial charge in [-0.2, -0.15) is 0 Å². The number of carbonyl (C=O) groups excluding carboxylic acids is 1. The molecular weight excluding hydrogens is 274 g/mol. The Morgan fingerprint density at radius 2 is 1.82 bits per heavy atom. The molecule has 0 atom stereocenters. The molecule has 1 aromatic carbocycles. The Morgan fingerprint density at radius 3 is 2.36 bits per heavy atom. The summed E-state index contributed by atoms with van der Waals surface area (Å²) in [4.78, 5) is 18.8. The SMILES string of the molecule is CCN(CC)c1ccc(NC(=O)c2ccc(C)c(C)c2)cn1. The molecule has 0 spiro atoms. The largest absolute Gasteiger partial charge is 0.357 e. The number of nitrogens with one attached hydrogen (secondary N) is 1. The van der Waals surface area contributed by atoms with Gasteiger partial charge in [0.1, 0.15) is 5.82 Å². The van der Waals surface area contributed by atoms with Crippen LogP contribution in [0.4, 0.5) is 11.5 Å². The predicted molar refractivity (Wildman–Crippen MR) is 91.7 cm³/mol. The molecule has 0 aliphatic carbocycles. The highest BCUT2D eigenvalue weighted by Crippen LogP contribution is 2.16. The molecule has 0 aliphatic heterocycles. The van der Waals surface area contributed by atoms with Crippen molar-refractivity contribution in [1.29, 1.82) is 0 Å². The molecule has 4 heteroatoms. The van der Waals surface area contributed by atoms with Crippen molar-refractivity contribution in [2.75, 3.05) is 23.3 Å². The number of pyridine rings is 1. The maximum atomic E-state index is 12.3. The number of amides is 1. The molecule has 22 heavy (non-hydrogen) atoms. The number of hydrogen-bond donors (Lipinski definition) is 1. The first kappa shape index (κ1) is 16.0. The van der Waals surface area contributed by atoms with E-state index in [9.17, 15) is 4.79 Å². The summed E-state index contributed by atoms with van der Waals surface area (Å²) in [6, 6.07) is 9.53. The summed E-state index contributed by atoms with van der Waals surface area (Å²) >= 11 is 0. The van der Waals surface area contributed by atoms with Crippen molar-refractivity contribution in [3.05, 3.63) is 53.2 Å². The lowest BCUT2D eigenvalue weighted by molar-refractivity contribution is 0.102. The van der Waals surface area contributed by atoms with Gasteiger partial charge in [-0.3, -0.25) is 4.79 Å². The minimum Gasteiger partial charge on any atom is -0.357 e. The topological polar surface area (TPSA) is 45.2 Å². The highest BCUT2D eigenvalue weighted by atomic mass is 16.1. The summed E-state index contributed by atoms with van der Waals surface area (Å²) in [5.41, 5.74) is 3.67. The Balaban J connectivity index is 2.10. The van der Waals surface area contributed by atoms with Gasteiger partial charge in [-0.15, -0.1) is 0 Å². The fourth-order valence-electron chi connectivity index (χ4n) is 2.28. The third kappa shape index (κ3) is 3.64. The van der Waals surface area contributed by atoms with Gasteiger partial charge in [0.05, 0.1) is 11.9 Å². The fraction of sp³-hybridized carbons (Fsp3) is 0.333. The Labute approximate surface area is 132 Å². The maximum Gasteiger partial charge on any atom is 0.255 e. The molecule has 1 heterocycles. The van der Waals surface area contributed by atoms with Crippen molar-refractivity contribution >= 4 is 17.4 Å². The monoisotopic (exact) mass is 297 g/mol. The minimum absolute atomic E-state index is 0.111. The van der Waals surface area contributed by atoms with E-state index in [0.717, 1.165) is 24.5 Å². The van der Waals surface area contributed by atoms with Crippen LogP contribution in [0.5, 0.6) is 0 Å². The van der Waals surface area contributed by atoms with Crippen molar-refractivity contribution in [3.8, 4) is 0 Å². The first-order valence-electron chi connectivity index (χ1n) is 7.64. The molecular formula is C18H23N3O. The van der Waals surface area contributed by atoms with Crippen molar-refractivity contribution in [1.82, 2.24) is 4.98 Å². The van der Waals surface area contributed by atoms with Crippen LogP contribution in [0.3, 0.4) is 0 Å². The van der Waals surface area contributed by atoms with E-state index in [4.69, 9.17) is 0 Å². The van der Waals surface area contributed by atoms with Gasteiger partial charge >= 0.3 is 0 Å². The third-order valence-electron chi connectivity index (χ3n) is 3.86. The molecule has 1 aromatic heterocycles. The Kier molecular flexibility index (Phi) is 5.15. The Morgan fingerprint density at radius 1 is 1.09 bits per heavy atom. The summed E-state index contributed by atoms with van der Waals surface area (Å²) < 4.78 is 0. The van der Waals surface area contributed by atoms with E-state index in [0.29, 0.717) is 11.3 Å². The lowest BCUT2D eigenvalue weighted by atomic mass is 10.1. The van der Waals surface area contributed by atoms with Gasteiger partial charge in [-0.1, -0.05) is 6.07 Å². The molecule has 1 N–H and O–H groups in total. The van der Waals surface area contributed by atoms with Crippen LogP contribution >= 0.6 is 0 Å². The molecule has 0 unspecified atom stereocenters. The second-order valence-electron chi connectivity index (χ2n) is 5.33. The highest BCUT2D eigenvalue weighted by molar-refractivity contribution is 6.04. The average molecular weight is 297 g/mol. The average Bonchev–Trinajstić information content (AvgIpc) is 2.52. The zero-order valence-corrected chi connectivity index (χ0v) is 13.7. The van der Waals surface area contributed by atoms with Crippen LogP contribution in [0.2, 0.25) is 0 Å². The molecule has 2 aromatic rings. The molecule has 2 rings (SSSR count). The van der Waals surface area contributed by atoms with Crippen LogP contribution < -0.4 is 10.2 Å². The van der Waals surface area contributed by atoms with Crippen LogP contribution in [0.1, 0.15) is 35.3 Å². The molecule has 0 radical (unpaired) electrons. The van der Waals surface area contributed by atoms with E-state index in [-0.39, 0.29) is 5.91 Å². The minimum atomic E-state index is -0.111. The van der Waals surface area contributed by atoms with Gasteiger partial charge in [0.2, 0.25) is 0 Å². The van der Waals surface area contributed by atoms with Crippen LogP contribution in [0.15, 0.2) is 36.5 Å². The number of carbonyl (C=O) groups is 1. The molecule has 0 bridgehead atoms. The zero-order chi connectivity index (χ0) is 16.1. The van der Waals surface area contributed by atoms with Crippen molar-refractivity contribution < 1.29 is 4.79 Å². The van der Waals surface area contributed by atoms with Gasteiger partial charge in [-0.05, 0) is 63.1 Å². The van der Waals surface area contributed by atoms with E-state index in [2.05, 4.69) is 29.0 Å². The summed E-state index contributed by atoms with van der Waals surface area (Å²) in [7, 11) is 0. The molecule has 116 valence electrons. The number of aryl methyl sites for hydroxylation is 2. The summed E-state index contributed by atoms with van der Waals surface area (Å²) in [5, 5.41) is 2.89. The van der Waals surface area contributed by atoms with Crippen LogP contribution in [-0.2, 0) is 0 Å². The number of hydrogen-bond acceptors (Lipinski definition) is 3. The van der Waals surface area contributed by atoms with Gasteiger partial charge in [0.25, 0.3) is 5.91 Å². The van der Waals surface area contributed by atoms with Crippen LogP contribution in [0.25, 0.3) is 0 Å². The fourth-order valence-corrected chi connectivity index (χ4v) is 2.28. The summed E-state index contributed by atoms with van der Waals surface area (Å²) in [5.74, 6) is 0.815. The van der Waals surface area contributed by atoms with Crippen molar-refractivity contribution in [2.45, 2.75) is 27.7 Å². The number of anilines is 2. The lowest BCUT2D eigenvalue weighted by Gasteiger charge is -2.19. The van der Waals surface area contributed by atoms with Crippen molar-refractivity contribution in [3.63, 3.8) is 0 Å². The first-order chi connectivity index (χ1) is 10.5. The van der Waals surface area contributed by atoms with Gasteiger partial charge in [0.15, 0.2) is 0 Å². The number of rotatable bonds is 5. The van der Waals surface area contributed by atoms with E-state index in [1.54, 1.807) is 6.20 Å². The van der Waals surface area contributed by atoms with Crippen LogP contribution in [0, 0.1) is 13.8 Å². The first-order valence-corrected chi connectivity index (χ1v) is 7.64. The van der Waals surface area contributed by atoms with Gasteiger partial charge in [-0.25, -0.2) is 4.98 Å². The summed E-state index contributed by atoms with van der Waals surface area (Å²) in [6.07, 6.45) is 1.70. The second kappa shape index (κ2) is 7.07. The van der Waals surface area contributed by atoms with E-state index < -0.39 is 0 Å². The van der Waals surface area contributed by atoms with Gasteiger partial charge in [0, 0.05) is 18.7 Å². The Hall–Kier alpha value is -2.36. The third-order valence-corrected chi connectivity index (χ3v) is 3.86. The van der Waals surface area contributed by atoms with E-state index >= 15 is 0 Å². The molecule has 0 fully saturated rings. The molecule has 4 nitrogen and oxygen atoms in total. The molecule has 1 amide bonds. The standard InChI is InChI=1S/C18H23N3O/c1-5-21(6-2)17-10-9-16(12-19-17)20-18(22)15-8-7-13(3)14(4)11-15/h7-12H,5-6H2,1-4H3,(H,20,22). The predicted octanol–water partition coefficient (Wildman–Crippen LogP) is 3.80. The van der Waals surface area contributed by atoms with Crippen molar-refractivity contribution in [2.24, 2.45) is 0 Å². The number of benzene rings is 1. The van der Waals surface area contributed by atoms with E-state index in [1.165, 1.54) is 5.56 Å². The zero-order valence-electron chi connectivity index (χ0n) is 13.7. The number of nitrogens with zero attached hydrogens (tertiary/aromatic N) is 2. The molecule has 0 aliphatic rings. The van der Waals surface area contributed by atoms with E-state index in [1.807, 2.05) is 44.2 Å². The molecule has 0 saturated carbocycles. The maximum absolute atomic E-state index is 12.3. The lowest BCUT2D eigenvalue weighted by Crippen LogP contribution is -2.22. The normalized spacial score (nSPS) is 10.4. The quantitative estimate of drug-likeness (QED) is 0.913. The highest BCUT2D eigenvalue weighted by Gasteiger charge is 2.08. The summed E-state index contributed by atoms with van der Waals surface area (Å²) in [6.45, 7) is 10.1. The number of aromatic nitrogens is 1. The smallest absolute Gasteiger partial charge is 0.255 e. The second-order valence-corrected chi connectivity index (χ2v) is 5.33.